The number of aromatic amines is 1. The van der Waals surface area contributed by atoms with Crippen molar-refractivity contribution in [1.82, 2.24) is 4.98 Å². The monoisotopic (exact) mass is 283 g/mol. The lowest BCUT2D eigenvalue weighted by Crippen LogP contribution is -2.27. The summed E-state index contributed by atoms with van der Waals surface area (Å²) in [4.78, 5) is 15.1. The van der Waals surface area contributed by atoms with Crippen LogP contribution in [0.4, 0.5) is 4.39 Å². The molecule has 0 fully saturated rings. The van der Waals surface area contributed by atoms with Gasteiger partial charge in [-0.05, 0) is 60.6 Å². The number of ketones is 1. The van der Waals surface area contributed by atoms with Crippen molar-refractivity contribution in [2.24, 2.45) is 5.41 Å². The van der Waals surface area contributed by atoms with Gasteiger partial charge in [-0.3, -0.25) is 4.79 Å². The van der Waals surface area contributed by atoms with Gasteiger partial charge in [0, 0.05) is 23.4 Å². The highest BCUT2D eigenvalue weighted by Crippen LogP contribution is 2.56. The standard InChI is InChI=1S/C18H18FNO/c1-3-18-6-4-15(21)10(2)16(18)12-8-14(19)17-11(5-7-20-17)13(12)9-18/h5,7-8,20H,3-4,6,9H2,1-2H3. The molecule has 2 aliphatic rings. The normalized spacial score (nSPS) is 24.6. The van der Waals surface area contributed by atoms with Crippen molar-refractivity contribution in [3.8, 4) is 0 Å². The molecule has 1 atom stereocenters. The van der Waals surface area contributed by atoms with Crippen LogP contribution in [0.3, 0.4) is 0 Å². The fourth-order valence-electron chi connectivity index (χ4n) is 4.35. The molecule has 0 spiro atoms. The first-order valence-electron chi connectivity index (χ1n) is 7.61. The Morgan fingerprint density at radius 3 is 3.00 bits per heavy atom. The number of benzene rings is 1. The maximum Gasteiger partial charge on any atom is 0.158 e. The van der Waals surface area contributed by atoms with Crippen molar-refractivity contribution in [2.75, 3.05) is 0 Å². The first-order valence-corrected chi connectivity index (χ1v) is 7.61. The topological polar surface area (TPSA) is 32.9 Å². The molecule has 2 aliphatic carbocycles. The molecule has 0 saturated heterocycles. The second kappa shape index (κ2) is 4.06. The van der Waals surface area contributed by atoms with Crippen LogP contribution in [0, 0.1) is 11.2 Å². The Morgan fingerprint density at radius 2 is 2.24 bits per heavy atom. The third-order valence-electron chi connectivity index (χ3n) is 5.52. The van der Waals surface area contributed by atoms with Crippen LogP contribution in [0.2, 0.25) is 0 Å². The van der Waals surface area contributed by atoms with Crippen LogP contribution < -0.4 is 0 Å². The maximum atomic E-state index is 14.3. The molecule has 1 aromatic carbocycles. The molecular formula is C18H18FNO. The molecule has 4 rings (SSSR count). The van der Waals surface area contributed by atoms with Crippen molar-refractivity contribution >= 4 is 22.3 Å². The Hall–Kier alpha value is -1.90. The van der Waals surface area contributed by atoms with Gasteiger partial charge in [-0.1, -0.05) is 6.92 Å². The molecule has 0 radical (unpaired) electrons. The van der Waals surface area contributed by atoms with Crippen molar-refractivity contribution in [3.05, 3.63) is 40.8 Å². The Kier molecular flexibility index (Phi) is 2.48. The number of nitrogens with one attached hydrogen (secondary N) is 1. The van der Waals surface area contributed by atoms with Crippen LogP contribution in [-0.4, -0.2) is 10.8 Å². The number of Topliss-reactive ketones (excluding diaryl/α,β-unsaturated/α-hetero) is 1. The first kappa shape index (κ1) is 12.8. The Balaban J connectivity index is 2.10. The molecule has 1 heterocycles. The average molecular weight is 283 g/mol. The third kappa shape index (κ3) is 1.49. The molecule has 2 aromatic rings. The lowest BCUT2D eigenvalue weighted by Gasteiger charge is -2.34. The maximum absolute atomic E-state index is 14.3. The number of halogens is 1. The van der Waals surface area contributed by atoms with Crippen molar-refractivity contribution in [2.45, 2.75) is 39.5 Å². The van der Waals surface area contributed by atoms with Gasteiger partial charge in [0.2, 0.25) is 0 Å². The Morgan fingerprint density at radius 1 is 1.43 bits per heavy atom. The molecule has 1 aromatic heterocycles. The molecular weight excluding hydrogens is 265 g/mol. The molecule has 0 bridgehead atoms. The summed E-state index contributed by atoms with van der Waals surface area (Å²) in [6.45, 7) is 4.09. The summed E-state index contributed by atoms with van der Waals surface area (Å²) in [6.07, 6.45) is 5.22. The van der Waals surface area contributed by atoms with E-state index in [1.165, 1.54) is 5.56 Å². The van der Waals surface area contributed by atoms with Crippen LogP contribution in [0.1, 0.15) is 44.2 Å². The molecule has 3 heteroatoms. The smallest absolute Gasteiger partial charge is 0.158 e. The summed E-state index contributed by atoms with van der Waals surface area (Å²) in [7, 11) is 0. The number of aromatic nitrogens is 1. The highest BCUT2D eigenvalue weighted by molar-refractivity contribution is 6.07. The van der Waals surface area contributed by atoms with Crippen molar-refractivity contribution in [3.63, 3.8) is 0 Å². The van der Waals surface area contributed by atoms with Gasteiger partial charge in [0.05, 0.1) is 5.52 Å². The number of hydrogen-bond acceptors (Lipinski definition) is 1. The van der Waals surface area contributed by atoms with Crippen LogP contribution in [0.15, 0.2) is 23.9 Å². The molecule has 0 saturated carbocycles. The summed E-state index contributed by atoms with van der Waals surface area (Å²) < 4.78 is 14.3. The average Bonchev–Trinajstić information content (AvgIpc) is 3.07. The van der Waals surface area contributed by atoms with E-state index in [4.69, 9.17) is 0 Å². The predicted octanol–water partition coefficient (Wildman–Crippen LogP) is 4.40. The third-order valence-corrected chi connectivity index (χ3v) is 5.52. The molecule has 108 valence electrons. The Labute approximate surface area is 123 Å². The predicted molar refractivity (Wildman–Crippen MR) is 81.5 cm³/mol. The minimum atomic E-state index is -0.223. The summed E-state index contributed by atoms with van der Waals surface area (Å²) in [5.74, 6) is -0.00419. The van der Waals surface area contributed by atoms with E-state index >= 15 is 0 Å². The highest BCUT2D eigenvalue weighted by atomic mass is 19.1. The number of fused-ring (bicyclic) bond motifs is 5. The zero-order valence-corrected chi connectivity index (χ0v) is 12.3. The number of carbonyl (C=O) groups is 1. The molecule has 1 N–H and O–H groups in total. The van der Waals surface area contributed by atoms with Gasteiger partial charge in [0.25, 0.3) is 0 Å². The van der Waals surface area contributed by atoms with Gasteiger partial charge < -0.3 is 4.98 Å². The largest absolute Gasteiger partial charge is 0.359 e. The number of H-pyrrole nitrogens is 1. The summed E-state index contributed by atoms with van der Waals surface area (Å²) >= 11 is 0. The molecule has 1 unspecified atom stereocenters. The molecule has 0 aliphatic heterocycles. The van der Waals surface area contributed by atoms with E-state index in [-0.39, 0.29) is 17.0 Å². The van der Waals surface area contributed by atoms with Crippen molar-refractivity contribution in [1.29, 1.82) is 0 Å². The van der Waals surface area contributed by atoms with E-state index in [9.17, 15) is 9.18 Å². The number of carbonyl (C=O) groups excluding carboxylic acids is 1. The van der Waals surface area contributed by atoms with Crippen LogP contribution in [-0.2, 0) is 11.2 Å². The van der Waals surface area contributed by atoms with Gasteiger partial charge in [0.15, 0.2) is 5.78 Å². The van der Waals surface area contributed by atoms with E-state index in [1.807, 2.05) is 13.0 Å². The summed E-state index contributed by atoms with van der Waals surface area (Å²) in [5.41, 5.74) is 4.74. The molecule has 0 amide bonds. The summed E-state index contributed by atoms with van der Waals surface area (Å²) in [6, 6.07) is 3.58. The molecule has 21 heavy (non-hydrogen) atoms. The van der Waals surface area contributed by atoms with E-state index < -0.39 is 0 Å². The minimum Gasteiger partial charge on any atom is -0.359 e. The van der Waals surface area contributed by atoms with Crippen molar-refractivity contribution < 1.29 is 9.18 Å². The van der Waals surface area contributed by atoms with E-state index in [0.29, 0.717) is 11.9 Å². The SMILES string of the molecule is CCC12CCC(=O)C(C)=C1c1cc(F)c3[nH]ccc3c1C2. The number of rotatable bonds is 1. The first-order chi connectivity index (χ1) is 10.1. The van der Waals surface area contributed by atoms with E-state index in [1.54, 1.807) is 12.3 Å². The van der Waals surface area contributed by atoms with Gasteiger partial charge >= 0.3 is 0 Å². The quantitative estimate of drug-likeness (QED) is 0.827. The second-order valence-corrected chi connectivity index (χ2v) is 6.38. The lowest BCUT2D eigenvalue weighted by molar-refractivity contribution is -0.116. The Bertz CT molecular complexity index is 814. The van der Waals surface area contributed by atoms with E-state index in [2.05, 4.69) is 11.9 Å². The zero-order chi connectivity index (χ0) is 14.8. The van der Waals surface area contributed by atoms with Gasteiger partial charge in [-0.25, -0.2) is 4.39 Å². The van der Waals surface area contributed by atoms with Crippen LogP contribution in [0.5, 0.6) is 0 Å². The van der Waals surface area contributed by atoms with Gasteiger partial charge in [0.1, 0.15) is 5.82 Å². The molecule has 2 nitrogen and oxygen atoms in total. The lowest BCUT2D eigenvalue weighted by atomic mass is 9.68. The fourth-order valence-corrected chi connectivity index (χ4v) is 4.35. The highest BCUT2D eigenvalue weighted by Gasteiger charge is 2.45. The minimum absolute atomic E-state index is 0.0261. The number of allylic oxidation sites excluding steroid dienone is 2. The van der Waals surface area contributed by atoms with Crippen LogP contribution >= 0.6 is 0 Å². The van der Waals surface area contributed by atoms with Crippen LogP contribution in [0.25, 0.3) is 16.5 Å². The fraction of sp³-hybridized carbons (Fsp3) is 0.389. The van der Waals surface area contributed by atoms with Gasteiger partial charge in [-0.15, -0.1) is 0 Å². The summed E-state index contributed by atoms with van der Waals surface area (Å²) in [5, 5.41) is 0.972. The second-order valence-electron chi connectivity index (χ2n) is 6.38. The zero-order valence-electron chi connectivity index (χ0n) is 12.3. The van der Waals surface area contributed by atoms with Gasteiger partial charge in [-0.2, -0.15) is 0 Å². The number of hydrogen-bond donors (Lipinski definition) is 1. The van der Waals surface area contributed by atoms with E-state index in [0.717, 1.165) is 41.4 Å².